The van der Waals surface area contributed by atoms with E-state index in [1.165, 1.54) is 0 Å². The third-order valence-electron chi connectivity index (χ3n) is 3.64. The molecular weight excluding hydrogens is 276 g/mol. The number of amides is 1. The van der Waals surface area contributed by atoms with E-state index in [2.05, 4.69) is 4.98 Å². The number of hydrogen-bond donors (Lipinski definition) is 0. The Morgan fingerprint density at radius 3 is 3.00 bits per heavy atom. The van der Waals surface area contributed by atoms with Gasteiger partial charge in [0.25, 0.3) is 0 Å². The Morgan fingerprint density at radius 2 is 2.30 bits per heavy atom. The Kier molecular flexibility index (Phi) is 3.49. The lowest BCUT2D eigenvalue weighted by molar-refractivity contribution is -0.117. The molecule has 1 fully saturated rings. The highest BCUT2D eigenvalue weighted by Gasteiger charge is 2.31. The predicted octanol–water partition coefficient (Wildman–Crippen LogP) is 2.84. The average molecular weight is 291 g/mol. The lowest BCUT2D eigenvalue weighted by atomic mass is 10.1. The van der Waals surface area contributed by atoms with E-state index in [4.69, 9.17) is 16.3 Å². The van der Waals surface area contributed by atoms with Crippen LogP contribution in [0.15, 0.2) is 30.5 Å². The number of methoxy groups -OCH3 is 1. The zero-order valence-corrected chi connectivity index (χ0v) is 11.9. The Bertz CT molecular complexity index is 659. The van der Waals surface area contributed by atoms with Crippen LogP contribution < -0.4 is 9.64 Å². The van der Waals surface area contributed by atoms with Crippen LogP contribution in [0.5, 0.6) is 5.75 Å². The highest BCUT2D eigenvalue weighted by molar-refractivity contribution is 6.18. The molecule has 0 bridgehead atoms. The van der Waals surface area contributed by atoms with E-state index in [1.54, 1.807) is 18.2 Å². The number of carbonyl (C=O) groups is 1. The van der Waals surface area contributed by atoms with Gasteiger partial charge in [-0.25, -0.2) is 0 Å². The SMILES string of the molecule is COc1ccc(N2CC(CCl)CC2=O)c2cccnc12. The first kappa shape index (κ1) is 13.2. The monoisotopic (exact) mass is 290 g/mol. The van der Waals surface area contributed by atoms with Gasteiger partial charge in [-0.05, 0) is 30.2 Å². The summed E-state index contributed by atoms with van der Waals surface area (Å²) in [5.41, 5.74) is 1.65. The number of ether oxygens (including phenoxy) is 1. The summed E-state index contributed by atoms with van der Waals surface area (Å²) in [6, 6.07) is 7.59. The fourth-order valence-electron chi connectivity index (χ4n) is 2.65. The minimum Gasteiger partial charge on any atom is -0.494 e. The number of fused-ring (bicyclic) bond motifs is 1. The average Bonchev–Trinajstić information content (AvgIpc) is 2.87. The summed E-state index contributed by atoms with van der Waals surface area (Å²) in [6.45, 7) is 0.665. The molecule has 1 aliphatic heterocycles. The van der Waals surface area contributed by atoms with Gasteiger partial charge in [0.2, 0.25) is 5.91 Å². The number of alkyl halides is 1. The smallest absolute Gasteiger partial charge is 0.227 e. The molecule has 1 saturated heterocycles. The molecule has 0 saturated carbocycles. The van der Waals surface area contributed by atoms with E-state index in [-0.39, 0.29) is 11.8 Å². The van der Waals surface area contributed by atoms with Crippen molar-refractivity contribution in [3.05, 3.63) is 30.5 Å². The molecule has 4 nitrogen and oxygen atoms in total. The number of anilines is 1. The van der Waals surface area contributed by atoms with E-state index < -0.39 is 0 Å². The number of halogens is 1. The standard InChI is InChI=1S/C15H15ClN2O2/c1-20-13-5-4-12(11-3-2-6-17-15(11)13)18-9-10(8-16)7-14(18)19/h2-6,10H,7-9H2,1H3. The van der Waals surface area contributed by atoms with Crippen molar-refractivity contribution in [3.8, 4) is 5.75 Å². The number of aromatic nitrogens is 1. The third kappa shape index (κ3) is 2.10. The molecule has 0 aliphatic carbocycles. The van der Waals surface area contributed by atoms with Crippen molar-refractivity contribution >= 4 is 34.1 Å². The van der Waals surface area contributed by atoms with Crippen LogP contribution in [0.2, 0.25) is 0 Å². The summed E-state index contributed by atoms with van der Waals surface area (Å²) in [4.78, 5) is 18.3. The molecular formula is C15H15ClN2O2. The van der Waals surface area contributed by atoms with Crippen molar-refractivity contribution in [2.24, 2.45) is 5.92 Å². The van der Waals surface area contributed by atoms with Crippen LogP contribution in [-0.4, -0.2) is 30.4 Å². The molecule has 1 amide bonds. The summed E-state index contributed by atoms with van der Waals surface area (Å²) in [5, 5.41) is 0.926. The van der Waals surface area contributed by atoms with Gasteiger partial charge >= 0.3 is 0 Å². The molecule has 0 spiro atoms. The second-order valence-corrected chi connectivity index (χ2v) is 5.22. The minimum absolute atomic E-state index is 0.117. The number of hydrogen-bond acceptors (Lipinski definition) is 3. The summed E-state index contributed by atoms with van der Waals surface area (Å²) in [6.07, 6.45) is 2.24. The lowest BCUT2D eigenvalue weighted by Crippen LogP contribution is -2.24. The van der Waals surface area contributed by atoms with Crippen LogP contribution in [-0.2, 0) is 4.79 Å². The first-order valence-corrected chi connectivity index (χ1v) is 7.06. The van der Waals surface area contributed by atoms with E-state index in [0.717, 1.165) is 16.6 Å². The Balaban J connectivity index is 2.11. The molecule has 3 rings (SSSR count). The fraction of sp³-hybridized carbons (Fsp3) is 0.333. The predicted molar refractivity (Wildman–Crippen MR) is 79.5 cm³/mol. The van der Waals surface area contributed by atoms with Crippen molar-refractivity contribution in [3.63, 3.8) is 0 Å². The molecule has 5 heteroatoms. The highest BCUT2D eigenvalue weighted by atomic mass is 35.5. The van der Waals surface area contributed by atoms with E-state index >= 15 is 0 Å². The van der Waals surface area contributed by atoms with Crippen LogP contribution in [0.25, 0.3) is 10.9 Å². The summed E-state index contributed by atoms with van der Waals surface area (Å²) < 4.78 is 5.33. The van der Waals surface area contributed by atoms with Crippen molar-refractivity contribution < 1.29 is 9.53 Å². The second kappa shape index (κ2) is 5.29. The zero-order valence-electron chi connectivity index (χ0n) is 11.2. The third-order valence-corrected chi connectivity index (χ3v) is 4.08. The molecule has 1 atom stereocenters. The molecule has 1 aromatic heterocycles. The van der Waals surface area contributed by atoms with Gasteiger partial charge in [0.15, 0.2) is 0 Å². The van der Waals surface area contributed by atoms with Gasteiger partial charge in [-0.3, -0.25) is 9.78 Å². The Labute approximate surface area is 122 Å². The number of rotatable bonds is 3. The maximum absolute atomic E-state index is 12.2. The van der Waals surface area contributed by atoms with Crippen LogP contribution in [0.4, 0.5) is 5.69 Å². The van der Waals surface area contributed by atoms with Gasteiger partial charge in [0.05, 0.1) is 12.8 Å². The van der Waals surface area contributed by atoms with Gasteiger partial charge in [-0.1, -0.05) is 0 Å². The number of benzene rings is 1. The molecule has 1 aromatic carbocycles. The van der Waals surface area contributed by atoms with Crippen molar-refractivity contribution in [2.75, 3.05) is 24.4 Å². The molecule has 0 radical (unpaired) electrons. The van der Waals surface area contributed by atoms with Crippen LogP contribution >= 0.6 is 11.6 Å². The van der Waals surface area contributed by atoms with Crippen LogP contribution in [0, 0.1) is 5.92 Å². The minimum atomic E-state index is 0.117. The van der Waals surface area contributed by atoms with E-state index in [9.17, 15) is 4.79 Å². The first-order valence-electron chi connectivity index (χ1n) is 6.52. The molecule has 1 unspecified atom stereocenters. The number of pyridine rings is 1. The van der Waals surface area contributed by atoms with Gasteiger partial charge in [0.1, 0.15) is 11.3 Å². The van der Waals surface area contributed by atoms with Gasteiger partial charge in [-0.15, -0.1) is 11.6 Å². The maximum atomic E-state index is 12.2. The molecule has 104 valence electrons. The van der Waals surface area contributed by atoms with Crippen molar-refractivity contribution in [2.45, 2.75) is 6.42 Å². The van der Waals surface area contributed by atoms with Crippen LogP contribution in [0.1, 0.15) is 6.42 Å². The topological polar surface area (TPSA) is 42.4 Å². The Hall–Kier alpha value is -1.81. The second-order valence-electron chi connectivity index (χ2n) is 4.92. The molecule has 2 heterocycles. The van der Waals surface area contributed by atoms with E-state index in [1.807, 2.05) is 24.3 Å². The van der Waals surface area contributed by atoms with Crippen molar-refractivity contribution in [1.82, 2.24) is 4.98 Å². The van der Waals surface area contributed by atoms with Gasteiger partial charge < -0.3 is 9.64 Å². The number of nitrogens with zero attached hydrogens (tertiary/aromatic N) is 2. The highest BCUT2D eigenvalue weighted by Crippen LogP contribution is 2.35. The first-order chi connectivity index (χ1) is 9.74. The maximum Gasteiger partial charge on any atom is 0.227 e. The number of carbonyl (C=O) groups excluding carboxylic acids is 1. The lowest BCUT2D eigenvalue weighted by Gasteiger charge is -2.19. The van der Waals surface area contributed by atoms with Crippen molar-refractivity contribution in [1.29, 1.82) is 0 Å². The zero-order chi connectivity index (χ0) is 14.1. The molecule has 0 N–H and O–H groups in total. The Morgan fingerprint density at radius 1 is 1.45 bits per heavy atom. The summed E-state index contributed by atoms with van der Waals surface area (Å²) >= 11 is 5.88. The normalized spacial score (nSPS) is 18.8. The summed E-state index contributed by atoms with van der Waals surface area (Å²) in [7, 11) is 1.62. The fourth-order valence-corrected chi connectivity index (χ4v) is 2.86. The summed E-state index contributed by atoms with van der Waals surface area (Å²) in [5.74, 6) is 1.56. The van der Waals surface area contributed by atoms with Crippen LogP contribution in [0.3, 0.4) is 0 Å². The van der Waals surface area contributed by atoms with E-state index in [0.29, 0.717) is 24.6 Å². The largest absolute Gasteiger partial charge is 0.494 e. The molecule has 20 heavy (non-hydrogen) atoms. The molecule has 1 aliphatic rings. The van der Waals surface area contributed by atoms with Gasteiger partial charge in [-0.2, -0.15) is 0 Å². The van der Waals surface area contributed by atoms with Gasteiger partial charge in [0, 0.05) is 30.4 Å². The molecule has 2 aromatic rings. The quantitative estimate of drug-likeness (QED) is 0.816.